The topological polar surface area (TPSA) is 66.4 Å². The number of amides is 1. The van der Waals surface area contributed by atoms with Crippen molar-refractivity contribution in [1.82, 2.24) is 5.32 Å². The van der Waals surface area contributed by atoms with Crippen LogP contribution in [-0.4, -0.2) is 35.9 Å². The summed E-state index contributed by atoms with van der Waals surface area (Å²) in [5, 5.41) is 9.66. The molecule has 0 heterocycles. The van der Waals surface area contributed by atoms with Gasteiger partial charge in [-0.2, -0.15) is 8.78 Å². The molecular formula is C7H9F4NO3. The molecule has 88 valence electrons. The number of carboxylic acid groups (broad SMARTS) is 1. The second-order valence-electron chi connectivity index (χ2n) is 2.73. The quantitative estimate of drug-likeness (QED) is 0.666. The lowest BCUT2D eigenvalue weighted by molar-refractivity contribution is -0.141. The first-order valence-electron chi connectivity index (χ1n) is 3.90. The summed E-state index contributed by atoms with van der Waals surface area (Å²) in [5.41, 5.74) is 0. The summed E-state index contributed by atoms with van der Waals surface area (Å²) in [6.07, 6.45) is -4.92. The van der Waals surface area contributed by atoms with Gasteiger partial charge in [-0.05, 0) is 0 Å². The number of alkyl halides is 4. The first kappa shape index (κ1) is 13.7. The van der Waals surface area contributed by atoms with Crippen LogP contribution in [0.2, 0.25) is 0 Å². The first-order chi connectivity index (χ1) is 6.75. The molecule has 0 aromatic heterocycles. The van der Waals surface area contributed by atoms with Gasteiger partial charge in [-0.1, -0.05) is 0 Å². The van der Waals surface area contributed by atoms with Crippen molar-refractivity contribution in [1.29, 1.82) is 0 Å². The van der Waals surface area contributed by atoms with Crippen molar-refractivity contribution in [3.05, 3.63) is 0 Å². The van der Waals surface area contributed by atoms with Gasteiger partial charge in [-0.25, -0.2) is 8.78 Å². The van der Waals surface area contributed by atoms with Gasteiger partial charge in [-0.15, -0.1) is 0 Å². The third kappa shape index (κ3) is 5.87. The number of hydrogen-bond donors (Lipinski definition) is 2. The van der Waals surface area contributed by atoms with Gasteiger partial charge in [0.1, 0.15) is 0 Å². The van der Waals surface area contributed by atoms with E-state index in [2.05, 4.69) is 0 Å². The van der Waals surface area contributed by atoms with Crippen LogP contribution in [0.25, 0.3) is 0 Å². The molecule has 0 spiro atoms. The Morgan fingerprint density at radius 1 is 1.27 bits per heavy atom. The average Bonchev–Trinajstić information content (AvgIpc) is 2.11. The normalized spacial score (nSPS) is 11.5. The van der Waals surface area contributed by atoms with E-state index in [-0.39, 0.29) is 0 Å². The number of rotatable bonds is 6. The van der Waals surface area contributed by atoms with Crippen molar-refractivity contribution in [2.75, 3.05) is 6.54 Å². The van der Waals surface area contributed by atoms with Gasteiger partial charge in [0.15, 0.2) is 0 Å². The van der Waals surface area contributed by atoms with Crippen LogP contribution >= 0.6 is 0 Å². The average molecular weight is 231 g/mol. The maximum Gasteiger partial charge on any atom is 0.324 e. The molecule has 8 heteroatoms. The standard InChI is InChI=1S/C7H9F4NO3/c8-6(9)7(10,11)3-12-4(13)1-2-5(14)15/h6H,1-3H2,(H,12,13)(H,14,15). The zero-order valence-electron chi connectivity index (χ0n) is 7.47. The molecule has 0 aromatic carbocycles. The Bertz CT molecular complexity index is 244. The minimum absolute atomic E-state index is 0.519. The molecule has 0 saturated heterocycles. The van der Waals surface area contributed by atoms with Crippen LogP contribution in [0.4, 0.5) is 17.6 Å². The molecule has 0 aliphatic carbocycles. The second kappa shape index (κ2) is 5.52. The summed E-state index contributed by atoms with van der Waals surface area (Å²) in [6, 6.07) is 0. The van der Waals surface area contributed by atoms with E-state index < -0.39 is 43.6 Å². The van der Waals surface area contributed by atoms with Gasteiger partial charge >= 0.3 is 18.3 Å². The van der Waals surface area contributed by atoms with Crippen molar-refractivity contribution < 1.29 is 32.3 Å². The Balaban J connectivity index is 3.85. The highest BCUT2D eigenvalue weighted by molar-refractivity contribution is 5.80. The van der Waals surface area contributed by atoms with Crippen LogP contribution in [-0.2, 0) is 9.59 Å². The van der Waals surface area contributed by atoms with Crippen molar-refractivity contribution >= 4 is 11.9 Å². The van der Waals surface area contributed by atoms with Crippen molar-refractivity contribution in [3.63, 3.8) is 0 Å². The van der Waals surface area contributed by atoms with E-state index in [0.29, 0.717) is 0 Å². The van der Waals surface area contributed by atoms with E-state index in [1.807, 2.05) is 0 Å². The zero-order chi connectivity index (χ0) is 12.1. The maximum atomic E-state index is 12.2. The fourth-order valence-corrected chi connectivity index (χ4v) is 0.602. The Hall–Kier alpha value is -1.34. The van der Waals surface area contributed by atoms with Crippen LogP contribution in [0.5, 0.6) is 0 Å². The van der Waals surface area contributed by atoms with Gasteiger partial charge in [0, 0.05) is 6.42 Å². The Morgan fingerprint density at radius 3 is 2.20 bits per heavy atom. The summed E-state index contributed by atoms with van der Waals surface area (Å²) >= 11 is 0. The summed E-state index contributed by atoms with van der Waals surface area (Å²) in [4.78, 5) is 20.6. The molecule has 0 radical (unpaired) electrons. The molecule has 0 saturated carbocycles. The third-order valence-electron chi connectivity index (χ3n) is 1.41. The van der Waals surface area contributed by atoms with Gasteiger partial charge in [-0.3, -0.25) is 9.59 Å². The lowest BCUT2D eigenvalue weighted by Crippen LogP contribution is -2.41. The lowest BCUT2D eigenvalue weighted by atomic mass is 10.3. The SMILES string of the molecule is O=C(O)CCC(=O)NCC(F)(F)C(F)F. The monoisotopic (exact) mass is 231 g/mol. The number of carbonyl (C=O) groups is 2. The van der Waals surface area contributed by atoms with Crippen molar-refractivity contribution in [2.45, 2.75) is 25.2 Å². The van der Waals surface area contributed by atoms with Crippen LogP contribution in [0.1, 0.15) is 12.8 Å². The maximum absolute atomic E-state index is 12.2. The fraction of sp³-hybridized carbons (Fsp3) is 0.714. The number of carbonyl (C=O) groups excluding carboxylic acids is 1. The largest absolute Gasteiger partial charge is 0.481 e. The molecule has 0 aliphatic heterocycles. The Morgan fingerprint density at radius 2 is 1.80 bits per heavy atom. The second-order valence-corrected chi connectivity index (χ2v) is 2.73. The minimum atomic E-state index is -4.29. The Labute approximate surface area is 82.3 Å². The highest BCUT2D eigenvalue weighted by Crippen LogP contribution is 2.21. The first-order valence-corrected chi connectivity index (χ1v) is 3.90. The molecule has 15 heavy (non-hydrogen) atoms. The minimum Gasteiger partial charge on any atom is -0.481 e. The van der Waals surface area contributed by atoms with Crippen molar-refractivity contribution in [3.8, 4) is 0 Å². The summed E-state index contributed by atoms with van der Waals surface area (Å²) < 4.78 is 47.6. The molecule has 0 bridgehead atoms. The molecule has 0 rings (SSSR count). The van der Waals surface area contributed by atoms with Gasteiger partial charge in [0.2, 0.25) is 5.91 Å². The smallest absolute Gasteiger partial charge is 0.324 e. The van der Waals surface area contributed by atoms with E-state index in [4.69, 9.17) is 5.11 Å². The lowest BCUT2D eigenvalue weighted by Gasteiger charge is -2.15. The summed E-state index contributed by atoms with van der Waals surface area (Å²) in [5.74, 6) is -6.57. The number of carboxylic acids is 1. The summed E-state index contributed by atoms with van der Waals surface area (Å²) in [6.45, 7) is -1.50. The molecular weight excluding hydrogens is 222 g/mol. The van der Waals surface area contributed by atoms with E-state index >= 15 is 0 Å². The van der Waals surface area contributed by atoms with Gasteiger partial charge in [0.25, 0.3) is 0 Å². The molecule has 4 nitrogen and oxygen atoms in total. The van der Waals surface area contributed by atoms with Crippen LogP contribution in [0.15, 0.2) is 0 Å². The molecule has 0 atom stereocenters. The van der Waals surface area contributed by atoms with Crippen LogP contribution < -0.4 is 5.32 Å². The molecule has 0 aromatic rings. The predicted octanol–water partition coefficient (Wildman–Crippen LogP) is 0.868. The molecule has 0 fully saturated rings. The van der Waals surface area contributed by atoms with Crippen LogP contribution in [0.3, 0.4) is 0 Å². The van der Waals surface area contributed by atoms with E-state index in [9.17, 15) is 27.2 Å². The number of aliphatic carboxylic acids is 1. The molecule has 1 amide bonds. The van der Waals surface area contributed by atoms with E-state index in [1.165, 1.54) is 5.32 Å². The van der Waals surface area contributed by atoms with Crippen molar-refractivity contribution in [2.24, 2.45) is 0 Å². The van der Waals surface area contributed by atoms with E-state index in [0.717, 1.165) is 0 Å². The fourth-order valence-electron chi connectivity index (χ4n) is 0.602. The van der Waals surface area contributed by atoms with E-state index in [1.54, 1.807) is 0 Å². The predicted molar refractivity (Wildman–Crippen MR) is 40.8 cm³/mol. The van der Waals surface area contributed by atoms with Gasteiger partial charge in [0.05, 0.1) is 13.0 Å². The highest BCUT2D eigenvalue weighted by atomic mass is 19.3. The highest BCUT2D eigenvalue weighted by Gasteiger charge is 2.40. The third-order valence-corrected chi connectivity index (χ3v) is 1.41. The number of nitrogens with one attached hydrogen (secondary N) is 1. The Kier molecular flexibility index (Phi) is 5.03. The zero-order valence-corrected chi connectivity index (χ0v) is 7.47. The number of halogens is 4. The van der Waals surface area contributed by atoms with Crippen LogP contribution in [0, 0.1) is 0 Å². The number of hydrogen-bond acceptors (Lipinski definition) is 2. The molecule has 0 unspecified atom stereocenters. The van der Waals surface area contributed by atoms with Gasteiger partial charge < -0.3 is 10.4 Å². The summed E-state index contributed by atoms with van der Waals surface area (Å²) in [7, 11) is 0. The molecule has 0 aliphatic rings. The molecule has 2 N–H and O–H groups in total.